The molecule has 0 bridgehead atoms. The van der Waals surface area contributed by atoms with Crippen molar-refractivity contribution in [3.8, 4) is 0 Å². The topological polar surface area (TPSA) is 12.0 Å². The molecule has 1 N–H and O–H groups in total. The second-order valence-corrected chi connectivity index (χ2v) is 6.57. The second kappa shape index (κ2) is 6.47. The van der Waals surface area contributed by atoms with Crippen molar-refractivity contribution in [2.24, 2.45) is 5.92 Å². The smallest absolute Gasteiger partial charge is 0.0595 e. The van der Waals surface area contributed by atoms with E-state index in [9.17, 15) is 0 Å². The molecule has 1 aliphatic carbocycles. The van der Waals surface area contributed by atoms with Crippen LogP contribution in [-0.4, -0.2) is 13.1 Å². The summed E-state index contributed by atoms with van der Waals surface area (Å²) in [6.07, 6.45) is 5.16. The van der Waals surface area contributed by atoms with Gasteiger partial charge in [-0.2, -0.15) is 0 Å². The van der Waals surface area contributed by atoms with Crippen LogP contribution in [0.25, 0.3) is 0 Å². The van der Waals surface area contributed by atoms with Crippen LogP contribution in [0.2, 0.25) is 10.0 Å². The van der Waals surface area contributed by atoms with E-state index in [-0.39, 0.29) is 5.41 Å². The number of rotatable bonds is 6. The minimum atomic E-state index is 0.268. The van der Waals surface area contributed by atoms with Gasteiger partial charge in [-0.05, 0) is 43.0 Å². The molecule has 1 fully saturated rings. The lowest BCUT2D eigenvalue weighted by atomic mass is 9.57. The van der Waals surface area contributed by atoms with Crippen LogP contribution in [0.3, 0.4) is 0 Å². The van der Waals surface area contributed by atoms with Crippen molar-refractivity contribution in [1.29, 1.82) is 0 Å². The molecule has 0 saturated heterocycles. The molecule has 1 aromatic carbocycles. The van der Waals surface area contributed by atoms with Gasteiger partial charge in [-0.1, -0.05) is 56.0 Å². The molecule has 0 heterocycles. The molecule has 0 radical (unpaired) electrons. The van der Waals surface area contributed by atoms with Crippen molar-refractivity contribution < 1.29 is 0 Å². The van der Waals surface area contributed by atoms with E-state index in [2.05, 4.69) is 31.3 Å². The molecule has 106 valence electrons. The largest absolute Gasteiger partial charge is 0.316 e. The molecule has 3 heteroatoms. The van der Waals surface area contributed by atoms with Crippen molar-refractivity contribution >= 4 is 23.2 Å². The second-order valence-electron chi connectivity index (χ2n) is 5.75. The molecular weight excluding hydrogens is 277 g/mol. The predicted molar refractivity (Wildman–Crippen MR) is 84.3 cm³/mol. The quantitative estimate of drug-likeness (QED) is 0.775. The first-order valence-electron chi connectivity index (χ1n) is 7.27. The highest BCUT2D eigenvalue weighted by Crippen LogP contribution is 2.50. The molecule has 0 unspecified atom stereocenters. The zero-order chi connectivity index (χ0) is 13.9. The van der Waals surface area contributed by atoms with Crippen molar-refractivity contribution in [3.63, 3.8) is 0 Å². The number of hydrogen-bond donors (Lipinski definition) is 1. The Morgan fingerprint density at radius 1 is 1.21 bits per heavy atom. The van der Waals surface area contributed by atoms with Gasteiger partial charge in [0, 0.05) is 12.0 Å². The van der Waals surface area contributed by atoms with E-state index < -0.39 is 0 Å². The fourth-order valence-corrected chi connectivity index (χ4v) is 3.63. The molecule has 0 atom stereocenters. The summed E-state index contributed by atoms with van der Waals surface area (Å²) in [7, 11) is 0. The summed E-state index contributed by atoms with van der Waals surface area (Å²) in [6, 6.07) is 6.14. The fraction of sp³-hybridized carbons (Fsp3) is 0.625. The normalized spacial score (nSPS) is 26.2. The molecular formula is C16H23Cl2N. The van der Waals surface area contributed by atoms with Crippen LogP contribution in [0.1, 0.15) is 45.1 Å². The van der Waals surface area contributed by atoms with Crippen LogP contribution < -0.4 is 5.32 Å². The van der Waals surface area contributed by atoms with Crippen LogP contribution in [0.15, 0.2) is 18.2 Å². The summed E-state index contributed by atoms with van der Waals surface area (Å²) in [4.78, 5) is 0. The monoisotopic (exact) mass is 299 g/mol. The number of benzene rings is 1. The van der Waals surface area contributed by atoms with E-state index >= 15 is 0 Å². The van der Waals surface area contributed by atoms with Gasteiger partial charge in [0.05, 0.1) is 10.0 Å². The number of halogens is 2. The molecule has 1 aliphatic rings. The van der Waals surface area contributed by atoms with E-state index in [1.54, 1.807) is 0 Å². The first-order valence-corrected chi connectivity index (χ1v) is 8.03. The number of likely N-dealkylation sites (N-methyl/N-ethyl adjacent to an activating group) is 1. The van der Waals surface area contributed by atoms with Gasteiger partial charge in [0.15, 0.2) is 0 Å². The van der Waals surface area contributed by atoms with Crippen LogP contribution >= 0.6 is 23.2 Å². The summed E-state index contributed by atoms with van der Waals surface area (Å²) in [6.45, 7) is 6.48. The maximum atomic E-state index is 6.18. The highest BCUT2D eigenvalue weighted by molar-refractivity contribution is 6.42. The Morgan fingerprint density at radius 3 is 2.53 bits per heavy atom. The van der Waals surface area contributed by atoms with Gasteiger partial charge < -0.3 is 5.32 Å². The Balaban J connectivity index is 2.16. The first kappa shape index (κ1) is 15.2. The fourth-order valence-electron chi connectivity index (χ4n) is 3.33. The molecule has 0 amide bonds. The third kappa shape index (κ3) is 3.26. The van der Waals surface area contributed by atoms with E-state index in [0.29, 0.717) is 10.0 Å². The van der Waals surface area contributed by atoms with Crippen LogP contribution in [0.4, 0.5) is 0 Å². The minimum Gasteiger partial charge on any atom is -0.316 e. The van der Waals surface area contributed by atoms with E-state index in [0.717, 1.165) is 19.0 Å². The van der Waals surface area contributed by atoms with Crippen molar-refractivity contribution in [2.45, 2.75) is 44.9 Å². The summed E-state index contributed by atoms with van der Waals surface area (Å²) in [5.41, 5.74) is 1.61. The highest BCUT2D eigenvalue weighted by atomic mass is 35.5. The molecule has 1 aromatic rings. The summed E-state index contributed by atoms with van der Waals surface area (Å²) >= 11 is 12.2. The zero-order valence-corrected chi connectivity index (χ0v) is 13.3. The highest BCUT2D eigenvalue weighted by Gasteiger charge is 2.44. The van der Waals surface area contributed by atoms with Crippen molar-refractivity contribution in [1.82, 2.24) is 5.32 Å². The minimum absolute atomic E-state index is 0.268. The summed E-state index contributed by atoms with van der Waals surface area (Å²) < 4.78 is 0. The van der Waals surface area contributed by atoms with Gasteiger partial charge in [-0.15, -0.1) is 0 Å². The maximum absolute atomic E-state index is 6.18. The Labute approximate surface area is 126 Å². The van der Waals surface area contributed by atoms with Crippen molar-refractivity contribution in [2.75, 3.05) is 13.1 Å². The standard InChI is InChI=1S/C16H23Cl2N/c1-3-5-12-9-16(10-12,11-19-4-2)13-6-7-14(17)15(18)8-13/h6-8,12,19H,3-5,9-11H2,1-2H3. The average Bonchev–Trinajstić information content (AvgIpc) is 2.35. The van der Waals surface area contributed by atoms with Crippen molar-refractivity contribution in [3.05, 3.63) is 33.8 Å². The number of nitrogens with one attached hydrogen (secondary N) is 1. The lowest BCUT2D eigenvalue weighted by molar-refractivity contribution is 0.129. The van der Waals surface area contributed by atoms with Gasteiger partial charge in [-0.25, -0.2) is 0 Å². The Bertz CT molecular complexity index is 425. The first-order chi connectivity index (χ1) is 9.11. The van der Waals surface area contributed by atoms with Gasteiger partial charge in [-0.3, -0.25) is 0 Å². The van der Waals surface area contributed by atoms with Crippen LogP contribution in [0.5, 0.6) is 0 Å². The summed E-state index contributed by atoms with van der Waals surface area (Å²) in [5.74, 6) is 0.873. The summed E-state index contributed by atoms with van der Waals surface area (Å²) in [5, 5.41) is 4.83. The van der Waals surface area contributed by atoms with E-state index in [1.807, 2.05) is 6.07 Å². The molecule has 0 aliphatic heterocycles. The van der Waals surface area contributed by atoms with Crippen LogP contribution in [-0.2, 0) is 5.41 Å². The average molecular weight is 300 g/mol. The van der Waals surface area contributed by atoms with Gasteiger partial charge in [0.2, 0.25) is 0 Å². The third-order valence-corrected chi connectivity index (χ3v) is 5.04. The van der Waals surface area contributed by atoms with E-state index in [4.69, 9.17) is 23.2 Å². The Kier molecular flexibility index (Phi) is 5.16. The third-order valence-electron chi connectivity index (χ3n) is 4.30. The number of hydrogen-bond acceptors (Lipinski definition) is 1. The molecule has 2 rings (SSSR count). The van der Waals surface area contributed by atoms with E-state index in [1.165, 1.54) is 31.2 Å². The molecule has 1 nitrogen and oxygen atoms in total. The molecule has 0 aromatic heterocycles. The SMILES string of the molecule is CCCC1CC(CNCC)(c2ccc(Cl)c(Cl)c2)C1. The Hall–Kier alpha value is -0.240. The molecule has 1 saturated carbocycles. The lowest BCUT2D eigenvalue weighted by Crippen LogP contribution is -2.48. The van der Waals surface area contributed by atoms with Crippen LogP contribution in [0, 0.1) is 5.92 Å². The predicted octanol–water partition coefficient (Wildman–Crippen LogP) is 5.05. The lowest BCUT2D eigenvalue weighted by Gasteiger charge is -2.49. The van der Waals surface area contributed by atoms with Gasteiger partial charge in [0.25, 0.3) is 0 Å². The Morgan fingerprint density at radius 2 is 1.95 bits per heavy atom. The molecule has 19 heavy (non-hydrogen) atoms. The van der Waals surface area contributed by atoms with Gasteiger partial charge in [0.1, 0.15) is 0 Å². The molecule has 0 spiro atoms. The van der Waals surface area contributed by atoms with Gasteiger partial charge >= 0.3 is 0 Å². The zero-order valence-electron chi connectivity index (χ0n) is 11.8. The maximum Gasteiger partial charge on any atom is 0.0595 e.